The van der Waals surface area contributed by atoms with Crippen LogP contribution in [-0.2, 0) is 16.1 Å². The molecule has 0 N–H and O–H groups in total. The molecule has 76 valence electrons. The van der Waals surface area contributed by atoms with Crippen LogP contribution in [0, 0.1) is 0 Å². The monoisotopic (exact) mass is 193 g/mol. The minimum atomic E-state index is -0.153. The summed E-state index contributed by atoms with van der Waals surface area (Å²) in [6.07, 6.45) is -0.0676. The molecule has 2 atom stereocenters. The summed E-state index contributed by atoms with van der Waals surface area (Å²) in [5.74, 6) is 0. The summed E-state index contributed by atoms with van der Waals surface area (Å²) in [6.45, 7) is 0.966. The normalized spacial score (nSPS) is 24.9. The van der Waals surface area contributed by atoms with Crippen LogP contribution in [0.4, 0.5) is 0 Å². The second-order valence-corrected chi connectivity index (χ2v) is 3.38. The van der Waals surface area contributed by atoms with E-state index in [9.17, 15) is 5.11 Å². The molecule has 1 heterocycles. The topological polar surface area (TPSA) is 44.8 Å². The molecule has 1 saturated heterocycles. The Balaban J connectivity index is 1.64. The largest absolute Gasteiger partial charge is 0.853 e. The molecule has 3 heteroatoms. The van der Waals surface area contributed by atoms with Gasteiger partial charge >= 0.3 is 0 Å². The van der Waals surface area contributed by atoms with E-state index >= 15 is 0 Å². The molecule has 0 radical (unpaired) electrons. The molecular formula is C11H13O3-. The van der Waals surface area contributed by atoms with Gasteiger partial charge in [-0.3, -0.25) is 0 Å². The number of hydrogen-bond acceptors (Lipinski definition) is 3. The van der Waals surface area contributed by atoms with Crippen LogP contribution in [0.5, 0.6) is 0 Å². The average molecular weight is 193 g/mol. The average Bonchev–Trinajstić information content (AvgIpc) is 2.98. The van der Waals surface area contributed by atoms with Crippen LogP contribution in [0.1, 0.15) is 5.56 Å². The predicted octanol–water partition coefficient (Wildman–Crippen LogP) is 0.331. The quantitative estimate of drug-likeness (QED) is 0.633. The van der Waals surface area contributed by atoms with Crippen LogP contribution in [0.2, 0.25) is 0 Å². The molecule has 3 nitrogen and oxygen atoms in total. The fourth-order valence-corrected chi connectivity index (χ4v) is 1.34. The number of benzene rings is 1. The van der Waals surface area contributed by atoms with Crippen molar-refractivity contribution < 1.29 is 14.6 Å². The molecule has 0 spiro atoms. The molecule has 1 aliphatic heterocycles. The molecule has 0 amide bonds. The van der Waals surface area contributed by atoms with E-state index in [1.165, 1.54) is 0 Å². The summed E-state index contributed by atoms with van der Waals surface area (Å²) in [5, 5.41) is 10.4. The van der Waals surface area contributed by atoms with E-state index in [4.69, 9.17) is 9.47 Å². The van der Waals surface area contributed by atoms with E-state index in [0.717, 1.165) is 5.56 Å². The van der Waals surface area contributed by atoms with Crippen molar-refractivity contribution in [2.24, 2.45) is 0 Å². The molecule has 1 aliphatic rings. The van der Waals surface area contributed by atoms with E-state index in [-0.39, 0.29) is 18.8 Å². The zero-order chi connectivity index (χ0) is 9.80. The summed E-state index contributed by atoms with van der Waals surface area (Å²) >= 11 is 0. The van der Waals surface area contributed by atoms with Gasteiger partial charge in [0.2, 0.25) is 0 Å². The van der Waals surface area contributed by atoms with Gasteiger partial charge < -0.3 is 14.6 Å². The van der Waals surface area contributed by atoms with Crippen molar-refractivity contribution in [3.63, 3.8) is 0 Å². The third-order valence-corrected chi connectivity index (χ3v) is 2.25. The lowest BCUT2D eigenvalue weighted by atomic mass is 10.2. The van der Waals surface area contributed by atoms with Crippen molar-refractivity contribution in [2.45, 2.75) is 18.8 Å². The highest BCUT2D eigenvalue weighted by Gasteiger charge is 2.34. The minimum absolute atomic E-state index is 0.0382. The second-order valence-electron chi connectivity index (χ2n) is 3.38. The summed E-state index contributed by atoms with van der Waals surface area (Å²) in [4.78, 5) is 0. The fourth-order valence-electron chi connectivity index (χ4n) is 1.34. The molecule has 0 aromatic heterocycles. The van der Waals surface area contributed by atoms with Gasteiger partial charge in [-0.25, -0.2) is 0 Å². The van der Waals surface area contributed by atoms with Crippen LogP contribution >= 0.6 is 0 Å². The van der Waals surface area contributed by atoms with Crippen LogP contribution < -0.4 is 5.11 Å². The van der Waals surface area contributed by atoms with Crippen LogP contribution in [-0.4, -0.2) is 25.4 Å². The first-order valence-electron chi connectivity index (χ1n) is 4.75. The Hall–Kier alpha value is -0.900. The molecule has 0 unspecified atom stereocenters. The number of ether oxygens (including phenoxy) is 2. The van der Waals surface area contributed by atoms with Gasteiger partial charge in [0.15, 0.2) is 0 Å². The lowest BCUT2D eigenvalue weighted by molar-refractivity contribution is -0.370. The summed E-state index contributed by atoms with van der Waals surface area (Å²) in [7, 11) is 0. The van der Waals surface area contributed by atoms with Gasteiger partial charge in [-0.15, -0.1) is 6.61 Å². The maximum Gasteiger partial charge on any atom is 0.106 e. The van der Waals surface area contributed by atoms with Crippen molar-refractivity contribution >= 4 is 0 Å². The highest BCUT2D eigenvalue weighted by Crippen LogP contribution is 2.20. The van der Waals surface area contributed by atoms with Crippen LogP contribution in [0.25, 0.3) is 0 Å². The highest BCUT2D eigenvalue weighted by molar-refractivity contribution is 5.13. The second kappa shape index (κ2) is 4.55. The highest BCUT2D eigenvalue weighted by atomic mass is 16.6. The van der Waals surface area contributed by atoms with E-state index in [2.05, 4.69) is 0 Å². The smallest absolute Gasteiger partial charge is 0.106 e. The Kier molecular flexibility index (Phi) is 3.14. The van der Waals surface area contributed by atoms with E-state index in [1.54, 1.807) is 0 Å². The predicted molar refractivity (Wildman–Crippen MR) is 49.6 cm³/mol. The first-order valence-corrected chi connectivity index (χ1v) is 4.75. The van der Waals surface area contributed by atoms with Gasteiger partial charge in [0.25, 0.3) is 0 Å². The molecule has 0 saturated carbocycles. The number of hydrogen-bond donors (Lipinski definition) is 0. The van der Waals surface area contributed by atoms with Crippen molar-refractivity contribution in [2.75, 3.05) is 13.2 Å². The van der Waals surface area contributed by atoms with E-state index in [1.807, 2.05) is 30.3 Å². The number of epoxide rings is 1. The number of rotatable bonds is 5. The molecule has 1 aromatic carbocycles. The first kappa shape index (κ1) is 9.65. The summed E-state index contributed by atoms with van der Waals surface area (Å²) < 4.78 is 10.5. The van der Waals surface area contributed by atoms with Gasteiger partial charge in [0.1, 0.15) is 6.10 Å². The molecular weight excluding hydrogens is 180 g/mol. The zero-order valence-electron chi connectivity index (χ0n) is 7.89. The van der Waals surface area contributed by atoms with E-state index < -0.39 is 0 Å². The maximum absolute atomic E-state index is 10.4. The van der Waals surface area contributed by atoms with Gasteiger partial charge in [0, 0.05) is 0 Å². The third-order valence-electron chi connectivity index (χ3n) is 2.25. The van der Waals surface area contributed by atoms with E-state index in [0.29, 0.717) is 13.2 Å². The van der Waals surface area contributed by atoms with Gasteiger partial charge in [-0.1, -0.05) is 30.3 Å². The Morgan fingerprint density at radius 3 is 2.64 bits per heavy atom. The van der Waals surface area contributed by atoms with Crippen molar-refractivity contribution in [3.05, 3.63) is 35.9 Å². The Labute approximate surface area is 83.3 Å². The first-order chi connectivity index (χ1) is 6.90. The lowest BCUT2D eigenvalue weighted by Gasteiger charge is -2.02. The molecule has 1 fully saturated rings. The summed E-state index contributed by atoms with van der Waals surface area (Å²) in [6, 6.07) is 9.96. The zero-order valence-corrected chi connectivity index (χ0v) is 7.89. The Bertz CT molecular complexity index is 273. The SMILES string of the molecule is [O-]C[C@H]1O[C@@H]1COCc1ccccc1. The Morgan fingerprint density at radius 1 is 1.21 bits per heavy atom. The third kappa shape index (κ3) is 2.54. The van der Waals surface area contributed by atoms with Crippen molar-refractivity contribution in [1.82, 2.24) is 0 Å². The van der Waals surface area contributed by atoms with Gasteiger partial charge in [-0.2, -0.15) is 0 Å². The van der Waals surface area contributed by atoms with Crippen LogP contribution in [0.3, 0.4) is 0 Å². The standard InChI is InChI=1S/C11H13O3/c12-6-10-11(14-10)8-13-7-9-4-2-1-3-5-9/h1-5,10-11H,6-8H2/q-1/t10-,11-/m1/s1. The molecule has 1 aromatic rings. The van der Waals surface area contributed by atoms with Gasteiger partial charge in [0.05, 0.1) is 19.3 Å². The van der Waals surface area contributed by atoms with Crippen molar-refractivity contribution in [1.29, 1.82) is 0 Å². The fraction of sp³-hybridized carbons (Fsp3) is 0.455. The maximum atomic E-state index is 10.4. The molecule has 0 bridgehead atoms. The minimum Gasteiger partial charge on any atom is -0.853 e. The Morgan fingerprint density at radius 2 is 2.00 bits per heavy atom. The molecule has 0 aliphatic carbocycles. The lowest BCUT2D eigenvalue weighted by Crippen LogP contribution is -2.16. The van der Waals surface area contributed by atoms with Crippen LogP contribution in [0.15, 0.2) is 30.3 Å². The molecule has 2 rings (SSSR count). The van der Waals surface area contributed by atoms with Gasteiger partial charge in [-0.05, 0) is 5.56 Å². The molecule has 14 heavy (non-hydrogen) atoms. The summed E-state index contributed by atoms with van der Waals surface area (Å²) in [5.41, 5.74) is 1.15. The van der Waals surface area contributed by atoms with Crippen molar-refractivity contribution in [3.8, 4) is 0 Å².